The van der Waals surface area contributed by atoms with Crippen LogP contribution in [0.4, 0.5) is 65.9 Å². The summed E-state index contributed by atoms with van der Waals surface area (Å²) in [6, 6.07) is -1.18. The molecular weight excluding hydrogens is 563 g/mol. The lowest BCUT2D eigenvalue weighted by Gasteiger charge is -2.41. The van der Waals surface area contributed by atoms with Crippen LogP contribution in [-0.2, 0) is 4.43 Å². The molecule has 0 atom stereocenters. The van der Waals surface area contributed by atoms with Gasteiger partial charge in [0, 0.05) is 13.3 Å². The predicted octanol–water partition coefficient (Wildman–Crippen LogP) is 8.23. The molecule has 0 aromatic heterocycles. The van der Waals surface area contributed by atoms with E-state index in [1.54, 1.807) is 19.6 Å². The first-order valence-corrected chi connectivity index (χ1v) is 16.0. The van der Waals surface area contributed by atoms with Crippen LogP contribution in [0.5, 0.6) is 0 Å². The second-order valence-corrected chi connectivity index (χ2v) is 18.0. The van der Waals surface area contributed by atoms with Crippen molar-refractivity contribution in [3.8, 4) is 0 Å². The highest BCUT2D eigenvalue weighted by Crippen LogP contribution is 2.62. The molecule has 2 nitrogen and oxygen atoms in total. The molecule has 0 bridgehead atoms. The Kier molecular flexibility index (Phi) is 9.00. The molecule has 0 fully saturated rings. The molecule has 0 aliphatic rings. The van der Waals surface area contributed by atoms with Gasteiger partial charge in [-0.05, 0) is 38.8 Å². The molecule has 0 N–H and O–H groups in total. The van der Waals surface area contributed by atoms with Crippen molar-refractivity contribution in [2.24, 2.45) is 4.66 Å². The normalized spacial score (nSPS) is 16.5. The summed E-state index contributed by atoms with van der Waals surface area (Å²) in [5, 5.41) is 0. The van der Waals surface area contributed by atoms with Gasteiger partial charge in [-0.1, -0.05) is 0 Å². The molecular formula is C16H22F15NOSi2. The summed E-state index contributed by atoms with van der Waals surface area (Å²) >= 11 is 0. The maximum absolute atomic E-state index is 14.0. The summed E-state index contributed by atoms with van der Waals surface area (Å²) in [5.41, 5.74) is 0. The summed E-state index contributed by atoms with van der Waals surface area (Å²) in [7, 11) is -5.70. The Hall–Kier alpha value is -1.15. The molecule has 0 aliphatic heterocycles. The number of hydrogen-bond donors (Lipinski definition) is 0. The van der Waals surface area contributed by atoms with E-state index in [4.69, 9.17) is 4.43 Å². The number of nitrogens with zero attached hydrogens (tertiary/aromatic N) is 1. The minimum atomic E-state index is -8.27. The Bertz CT molecular complexity index is 785. The topological polar surface area (TPSA) is 21.6 Å². The van der Waals surface area contributed by atoms with Crippen molar-refractivity contribution in [2.75, 3.05) is 0 Å². The van der Waals surface area contributed by atoms with E-state index in [9.17, 15) is 65.9 Å². The fourth-order valence-electron chi connectivity index (χ4n) is 2.56. The lowest BCUT2D eigenvalue weighted by molar-refractivity contribution is -0.452. The van der Waals surface area contributed by atoms with Crippen LogP contribution in [0.1, 0.15) is 13.3 Å². The monoisotopic (exact) mass is 585 g/mol. The Morgan fingerprint density at radius 3 is 1.29 bits per heavy atom. The SMILES string of the molecule is CC(=N[Si](C)(C)C)O[Si](C)(C)CCC(F)(F)C(F)(F)C(F)(F)C(F)(F)C(F)(F)C(F)(F)C(F)(F)F. The van der Waals surface area contributed by atoms with Gasteiger partial charge in [0.2, 0.25) is 8.32 Å². The lowest BCUT2D eigenvalue weighted by atomic mass is 9.90. The van der Waals surface area contributed by atoms with E-state index < -0.39 is 70.7 Å². The Balaban J connectivity index is 6.14. The highest BCUT2D eigenvalue weighted by Gasteiger charge is 2.93. The summed E-state index contributed by atoms with van der Waals surface area (Å²) in [6.07, 6.45) is -10.00. The second-order valence-electron chi connectivity index (χ2n) is 9.24. The van der Waals surface area contributed by atoms with Crippen LogP contribution in [-0.4, -0.2) is 64.2 Å². The maximum Gasteiger partial charge on any atom is 0.460 e. The zero-order valence-electron chi connectivity index (χ0n) is 18.9. The quantitative estimate of drug-likeness (QED) is 0.110. The highest BCUT2D eigenvalue weighted by molar-refractivity contribution is 6.76. The minimum Gasteiger partial charge on any atom is -0.535 e. The average molecular weight is 586 g/mol. The third kappa shape index (κ3) is 6.41. The Morgan fingerprint density at radius 1 is 0.600 bits per heavy atom. The highest BCUT2D eigenvalue weighted by atomic mass is 28.4. The zero-order chi connectivity index (χ0) is 28.9. The second kappa shape index (κ2) is 9.31. The van der Waals surface area contributed by atoms with Crippen molar-refractivity contribution in [3.05, 3.63) is 0 Å². The fraction of sp³-hybridized carbons (Fsp3) is 0.938. The van der Waals surface area contributed by atoms with Crippen LogP contribution < -0.4 is 0 Å². The van der Waals surface area contributed by atoms with Gasteiger partial charge < -0.3 is 4.43 Å². The van der Waals surface area contributed by atoms with Crippen molar-refractivity contribution in [1.29, 1.82) is 0 Å². The van der Waals surface area contributed by atoms with Crippen molar-refractivity contribution in [1.82, 2.24) is 0 Å². The van der Waals surface area contributed by atoms with Crippen molar-refractivity contribution >= 4 is 22.5 Å². The minimum absolute atomic E-state index is 0.0817. The number of halogens is 15. The van der Waals surface area contributed by atoms with Gasteiger partial charge in [0.25, 0.3) is 0 Å². The summed E-state index contributed by atoms with van der Waals surface area (Å²) in [5.74, 6) is -46.4. The van der Waals surface area contributed by atoms with Crippen LogP contribution >= 0.6 is 0 Å². The van der Waals surface area contributed by atoms with Gasteiger partial charge in [-0.15, -0.1) is 0 Å². The van der Waals surface area contributed by atoms with Gasteiger partial charge >= 0.3 is 41.7 Å². The summed E-state index contributed by atoms with van der Waals surface area (Å²) in [4.78, 5) is 0. The molecule has 35 heavy (non-hydrogen) atoms. The van der Waals surface area contributed by atoms with Crippen LogP contribution in [0.2, 0.25) is 38.8 Å². The van der Waals surface area contributed by atoms with Gasteiger partial charge in [-0.2, -0.15) is 65.9 Å². The fourth-order valence-corrected chi connectivity index (χ4v) is 5.51. The molecule has 0 saturated carbocycles. The first kappa shape index (κ1) is 33.9. The Morgan fingerprint density at radius 2 is 0.943 bits per heavy atom. The van der Waals surface area contributed by atoms with E-state index in [2.05, 4.69) is 4.66 Å². The van der Waals surface area contributed by atoms with E-state index in [-0.39, 0.29) is 5.90 Å². The van der Waals surface area contributed by atoms with E-state index in [1.807, 2.05) is 0 Å². The summed E-state index contributed by atoms with van der Waals surface area (Å²) in [6.45, 7) is 8.61. The first-order chi connectivity index (χ1) is 14.8. The lowest BCUT2D eigenvalue weighted by Crippen LogP contribution is -2.72. The van der Waals surface area contributed by atoms with Crippen LogP contribution in [0.3, 0.4) is 0 Å². The average Bonchev–Trinajstić information content (AvgIpc) is 2.56. The van der Waals surface area contributed by atoms with Gasteiger partial charge in [0.15, 0.2) is 14.1 Å². The van der Waals surface area contributed by atoms with E-state index in [0.717, 1.165) is 13.1 Å². The van der Waals surface area contributed by atoms with Gasteiger partial charge in [-0.3, -0.25) is 4.66 Å². The first-order valence-electron chi connectivity index (χ1n) is 9.40. The molecule has 0 spiro atoms. The maximum atomic E-state index is 14.0. The predicted molar refractivity (Wildman–Crippen MR) is 100 cm³/mol. The molecule has 0 aromatic rings. The van der Waals surface area contributed by atoms with Gasteiger partial charge in [0.1, 0.15) is 0 Å². The molecule has 0 aliphatic carbocycles. The molecule has 0 amide bonds. The molecule has 0 heterocycles. The molecule has 0 aromatic carbocycles. The standard InChI is InChI=1S/C16H22F15NOSi2/c1-9(32-34(2,3)4)33-35(5,6)8-7-10(17,18)11(19,20)12(21,22)13(23,24)14(25,26)15(27,28)16(29,30)31/h7-8H2,1-6H3. The van der Waals surface area contributed by atoms with E-state index >= 15 is 0 Å². The number of hydrogen-bond acceptors (Lipinski definition) is 2. The van der Waals surface area contributed by atoms with Crippen molar-refractivity contribution < 1.29 is 70.3 Å². The number of rotatable bonds is 10. The molecule has 0 unspecified atom stereocenters. The van der Waals surface area contributed by atoms with E-state index in [0.29, 0.717) is 0 Å². The molecule has 0 radical (unpaired) electrons. The molecule has 0 rings (SSSR count). The molecule has 0 saturated heterocycles. The third-order valence-electron chi connectivity index (χ3n) is 4.35. The van der Waals surface area contributed by atoms with Gasteiger partial charge in [0.05, 0.1) is 0 Å². The van der Waals surface area contributed by atoms with Crippen LogP contribution in [0, 0.1) is 0 Å². The van der Waals surface area contributed by atoms with Crippen LogP contribution in [0.25, 0.3) is 0 Å². The van der Waals surface area contributed by atoms with E-state index in [1.165, 1.54) is 6.92 Å². The Labute approximate surface area is 192 Å². The van der Waals surface area contributed by atoms with Crippen molar-refractivity contribution in [2.45, 2.75) is 93.8 Å². The third-order valence-corrected chi connectivity index (χ3v) is 7.64. The molecule has 210 valence electrons. The van der Waals surface area contributed by atoms with Gasteiger partial charge in [-0.25, -0.2) is 0 Å². The number of alkyl halides is 15. The zero-order valence-corrected chi connectivity index (χ0v) is 20.9. The van der Waals surface area contributed by atoms with Crippen LogP contribution in [0.15, 0.2) is 4.66 Å². The largest absolute Gasteiger partial charge is 0.535 e. The summed E-state index contributed by atoms with van der Waals surface area (Å²) < 4.78 is 208. The smallest absolute Gasteiger partial charge is 0.460 e. The molecule has 19 heteroatoms. The van der Waals surface area contributed by atoms with Crippen molar-refractivity contribution in [3.63, 3.8) is 0 Å².